The molecule has 2 aromatic carbocycles. The maximum absolute atomic E-state index is 10.0. The topological polar surface area (TPSA) is 48.4 Å². The fraction of sp³-hybridized carbons (Fsp3) is 0. The van der Waals surface area contributed by atoms with Crippen molar-refractivity contribution in [2.24, 2.45) is 4.99 Å². The van der Waals surface area contributed by atoms with Crippen LogP contribution in [0.4, 0.5) is 5.69 Å². The number of nitrogens with zero attached hydrogens (tertiary/aromatic N) is 1. The van der Waals surface area contributed by atoms with Gasteiger partial charge in [-0.25, -0.2) is 4.99 Å². The number of H-pyrrole nitrogens is 1. The Morgan fingerprint density at radius 1 is 1.04 bits per heavy atom. The van der Waals surface area contributed by atoms with E-state index in [4.69, 9.17) is 17.2 Å². The average Bonchev–Trinajstić information content (AvgIpc) is 3.09. The molecular formula is C18H12N2OS2. The van der Waals surface area contributed by atoms with E-state index in [-0.39, 0.29) is 5.88 Å². The number of hydrogen-bond acceptors (Lipinski definition) is 4. The third-order valence-electron chi connectivity index (χ3n) is 3.66. The summed E-state index contributed by atoms with van der Waals surface area (Å²) in [4.78, 5) is 8.25. The Labute approximate surface area is 142 Å². The van der Waals surface area contributed by atoms with Crippen LogP contribution < -0.4 is 0 Å². The van der Waals surface area contributed by atoms with E-state index in [1.807, 2.05) is 60.7 Å². The zero-order valence-electron chi connectivity index (χ0n) is 12.0. The van der Waals surface area contributed by atoms with E-state index >= 15 is 0 Å². The minimum absolute atomic E-state index is 0.101. The number of rotatable bonds is 2. The Morgan fingerprint density at radius 3 is 2.52 bits per heavy atom. The molecule has 0 saturated carbocycles. The number of aromatic nitrogens is 1. The molecule has 0 aliphatic carbocycles. The lowest BCUT2D eigenvalue weighted by Crippen LogP contribution is -1.99. The minimum atomic E-state index is 0.101. The van der Waals surface area contributed by atoms with E-state index in [0.29, 0.717) is 8.83 Å². The van der Waals surface area contributed by atoms with E-state index in [1.165, 1.54) is 11.3 Å². The van der Waals surface area contributed by atoms with Crippen molar-refractivity contribution in [1.82, 2.24) is 4.98 Å². The van der Waals surface area contributed by atoms with Gasteiger partial charge in [-0.1, -0.05) is 48.5 Å². The van der Waals surface area contributed by atoms with Crippen LogP contribution in [0, 0.1) is 3.95 Å². The number of aliphatic imine (C=N–C) groups is 1. The van der Waals surface area contributed by atoms with Gasteiger partial charge < -0.3 is 10.1 Å². The maximum Gasteiger partial charge on any atom is 0.207 e. The quantitative estimate of drug-likeness (QED) is 0.633. The fourth-order valence-corrected chi connectivity index (χ4v) is 3.67. The van der Waals surface area contributed by atoms with Crippen molar-refractivity contribution in [2.45, 2.75) is 0 Å². The van der Waals surface area contributed by atoms with Crippen molar-refractivity contribution in [3.8, 4) is 5.88 Å². The number of aromatic amines is 1. The molecule has 0 unspecified atom stereocenters. The van der Waals surface area contributed by atoms with Gasteiger partial charge in [0.15, 0.2) is 3.95 Å². The standard InChI is InChI=1S/C18H12N2OS2/c21-17-15(23-18(22)20-17)10-13-12-8-4-5-9-14(12)19-16(13)11-6-2-1-3-7-11/h1-10,21H,(H,20,22). The predicted molar refractivity (Wildman–Crippen MR) is 98.1 cm³/mol. The summed E-state index contributed by atoms with van der Waals surface area (Å²) >= 11 is 6.46. The number of hydrogen-bond donors (Lipinski definition) is 2. The minimum Gasteiger partial charge on any atom is -0.494 e. The number of para-hydroxylation sites is 1. The monoisotopic (exact) mass is 336 g/mol. The van der Waals surface area contributed by atoms with E-state index in [1.54, 1.807) is 0 Å². The zero-order valence-corrected chi connectivity index (χ0v) is 13.6. The Balaban J connectivity index is 1.92. The predicted octanol–water partition coefficient (Wildman–Crippen LogP) is 5.19. The molecule has 0 amide bonds. The molecule has 0 atom stereocenters. The number of aromatic hydroxyl groups is 1. The highest BCUT2D eigenvalue weighted by atomic mass is 32.1. The van der Waals surface area contributed by atoms with Gasteiger partial charge in [-0.15, -0.1) is 11.3 Å². The van der Waals surface area contributed by atoms with Crippen molar-refractivity contribution >= 4 is 46.6 Å². The Bertz CT molecular complexity index is 997. The molecule has 1 aliphatic rings. The van der Waals surface area contributed by atoms with E-state index in [9.17, 15) is 5.11 Å². The highest BCUT2D eigenvalue weighted by Gasteiger charge is 2.22. The second kappa shape index (κ2) is 5.61. The molecule has 0 saturated heterocycles. The Morgan fingerprint density at radius 2 is 1.78 bits per heavy atom. The second-order valence-electron chi connectivity index (χ2n) is 5.13. The molecule has 2 N–H and O–H groups in total. The molecule has 2 heterocycles. The van der Waals surface area contributed by atoms with Gasteiger partial charge in [0.1, 0.15) is 0 Å². The third-order valence-corrected chi connectivity index (χ3v) is 4.83. The summed E-state index contributed by atoms with van der Waals surface area (Å²) in [6.45, 7) is 0. The van der Waals surface area contributed by atoms with E-state index in [0.717, 1.165) is 28.1 Å². The maximum atomic E-state index is 10.0. The second-order valence-corrected chi connectivity index (χ2v) is 6.85. The first-order chi connectivity index (χ1) is 11.2. The number of thiazole rings is 1. The van der Waals surface area contributed by atoms with Crippen molar-refractivity contribution in [3.63, 3.8) is 0 Å². The first kappa shape index (κ1) is 14.1. The van der Waals surface area contributed by atoms with Crippen LogP contribution in [0.15, 0.2) is 59.6 Å². The lowest BCUT2D eigenvalue weighted by atomic mass is 9.97. The number of fused-ring (bicyclic) bond motifs is 1. The van der Waals surface area contributed by atoms with Crippen molar-refractivity contribution < 1.29 is 5.11 Å². The number of allylic oxidation sites excluding steroid dienone is 1. The van der Waals surface area contributed by atoms with Gasteiger partial charge in [0.05, 0.1) is 16.3 Å². The van der Waals surface area contributed by atoms with Crippen LogP contribution in [-0.4, -0.2) is 15.8 Å². The van der Waals surface area contributed by atoms with E-state index < -0.39 is 0 Å². The van der Waals surface area contributed by atoms with Crippen molar-refractivity contribution in [2.75, 3.05) is 0 Å². The molecule has 0 radical (unpaired) electrons. The van der Waals surface area contributed by atoms with Crippen LogP contribution in [0.1, 0.15) is 16.0 Å². The molecule has 112 valence electrons. The molecule has 0 fully saturated rings. The summed E-state index contributed by atoms with van der Waals surface area (Å²) in [5, 5.41) is 10.0. The van der Waals surface area contributed by atoms with Crippen LogP contribution in [0.2, 0.25) is 0 Å². The van der Waals surface area contributed by atoms with Crippen LogP contribution in [-0.2, 0) is 0 Å². The van der Waals surface area contributed by atoms with Gasteiger partial charge in [0, 0.05) is 16.7 Å². The molecule has 4 rings (SSSR count). The van der Waals surface area contributed by atoms with Gasteiger partial charge in [-0.3, -0.25) is 0 Å². The molecule has 23 heavy (non-hydrogen) atoms. The van der Waals surface area contributed by atoms with Crippen LogP contribution in [0.25, 0.3) is 11.6 Å². The first-order valence-corrected chi connectivity index (χ1v) is 8.32. The largest absolute Gasteiger partial charge is 0.494 e. The number of nitrogens with one attached hydrogen (secondary N) is 1. The molecular weight excluding hydrogens is 324 g/mol. The number of benzene rings is 2. The smallest absolute Gasteiger partial charge is 0.207 e. The molecule has 0 bridgehead atoms. The van der Waals surface area contributed by atoms with Gasteiger partial charge in [-0.2, -0.15) is 0 Å². The Kier molecular flexibility index (Phi) is 3.44. The van der Waals surface area contributed by atoms with Crippen molar-refractivity contribution in [1.29, 1.82) is 0 Å². The fourth-order valence-electron chi connectivity index (χ4n) is 2.63. The average molecular weight is 336 g/mol. The lowest BCUT2D eigenvalue weighted by Gasteiger charge is -2.05. The van der Waals surface area contributed by atoms with Gasteiger partial charge in [0.2, 0.25) is 5.88 Å². The Hall–Kier alpha value is -2.50. The summed E-state index contributed by atoms with van der Waals surface area (Å²) in [5.74, 6) is 0.101. The van der Waals surface area contributed by atoms with Gasteiger partial charge >= 0.3 is 0 Å². The summed E-state index contributed by atoms with van der Waals surface area (Å²) in [6, 6.07) is 18.1. The van der Waals surface area contributed by atoms with Gasteiger partial charge in [-0.05, 0) is 24.4 Å². The first-order valence-electron chi connectivity index (χ1n) is 7.10. The molecule has 0 spiro atoms. The zero-order chi connectivity index (χ0) is 15.8. The normalized spacial score (nSPS) is 14.8. The highest BCUT2D eigenvalue weighted by Crippen LogP contribution is 2.39. The van der Waals surface area contributed by atoms with Crippen molar-refractivity contribution in [3.05, 3.63) is 74.6 Å². The van der Waals surface area contributed by atoms with Crippen LogP contribution in [0.3, 0.4) is 0 Å². The summed E-state index contributed by atoms with van der Waals surface area (Å²) in [5.41, 5.74) is 4.95. The highest BCUT2D eigenvalue weighted by molar-refractivity contribution is 7.73. The van der Waals surface area contributed by atoms with Crippen LogP contribution in [0.5, 0.6) is 5.88 Å². The van der Waals surface area contributed by atoms with Gasteiger partial charge in [0.25, 0.3) is 0 Å². The van der Waals surface area contributed by atoms with E-state index in [2.05, 4.69) is 4.98 Å². The summed E-state index contributed by atoms with van der Waals surface area (Å²) in [7, 11) is 0. The molecule has 3 nitrogen and oxygen atoms in total. The summed E-state index contributed by atoms with van der Waals surface area (Å²) < 4.78 is 0.554. The van der Waals surface area contributed by atoms with Crippen LogP contribution >= 0.6 is 23.6 Å². The molecule has 3 aromatic rings. The summed E-state index contributed by atoms with van der Waals surface area (Å²) in [6.07, 6.45) is 1.95. The molecule has 1 aliphatic heterocycles. The SMILES string of the molecule is Oc1[nH]c(=S)sc1C=C1C(c2ccccc2)=Nc2ccccc21. The third kappa shape index (κ3) is 2.54. The molecule has 5 heteroatoms. The lowest BCUT2D eigenvalue weighted by molar-refractivity contribution is 0.456. The molecule has 1 aromatic heterocycles.